The molecule has 2 aliphatic rings. The monoisotopic (exact) mass is 380 g/mol. The fraction of sp³-hybridized carbons (Fsp3) is 0.538. The molecular weight excluding hydrogens is 347 g/mol. The maximum absolute atomic E-state index is 15.1. The molecule has 0 aromatic heterocycles. The Hall–Kier alpha value is -1.83. The van der Waals surface area contributed by atoms with Crippen molar-refractivity contribution in [2.75, 3.05) is 6.61 Å². The van der Waals surface area contributed by atoms with Crippen molar-refractivity contribution in [3.05, 3.63) is 53.3 Å². The third kappa shape index (κ3) is 3.97. The topological polar surface area (TPSA) is 9.23 Å². The van der Waals surface area contributed by atoms with Crippen LogP contribution in [-0.4, -0.2) is 6.61 Å². The van der Waals surface area contributed by atoms with Gasteiger partial charge in [-0.1, -0.05) is 63.1 Å². The molecule has 0 amide bonds. The average molecular weight is 381 g/mol. The number of rotatable bonds is 5. The second kappa shape index (κ2) is 8.68. The van der Waals surface area contributed by atoms with Gasteiger partial charge in [0.2, 0.25) is 0 Å². The third-order valence-corrected chi connectivity index (χ3v) is 6.96. The van der Waals surface area contributed by atoms with E-state index in [0.29, 0.717) is 29.8 Å². The number of hydrogen-bond donors (Lipinski definition) is 0. The average Bonchev–Trinajstić information content (AvgIpc) is 2.75. The third-order valence-electron chi connectivity index (χ3n) is 6.96. The summed E-state index contributed by atoms with van der Waals surface area (Å²) in [5, 5.41) is 0. The zero-order chi connectivity index (χ0) is 19.5. The molecule has 1 unspecified atom stereocenters. The number of hydrogen-bond acceptors (Lipinski definition) is 1. The van der Waals surface area contributed by atoms with Crippen molar-refractivity contribution < 1.29 is 9.13 Å². The minimum Gasteiger partial charge on any atom is -0.490 e. The molecule has 0 saturated heterocycles. The molecule has 2 heteroatoms. The maximum Gasteiger partial charge on any atom is 0.173 e. The van der Waals surface area contributed by atoms with Crippen molar-refractivity contribution in [1.82, 2.24) is 0 Å². The molecule has 1 atom stereocenters. The van der Waals surface area contributed by atoms with E-state index in [1.54, 1.807) is 0 Å². The largest absolute Gasteiger partial charge is 0.490 e. The van der Waals surface area contributed by atoms with Crippen LogP contribution < -0.4 is 4.74 Å². The van der Waals surface area contributed by atoms with Gasteiger partial charge in [0, 0.05) is 5.56 Å². The van der Waals surface area contributed by atoms with Crippen molar-refractivity contribution >= 4 is 0 Å². The molecule has 1 aliphatic carbocycles. The molecule has 0 N–H and O–H groups in total. The van der Waals surface area contributed by atoms with Gasteiger partial charge in [-0.15, -0.1) is 0 Å². The Kier molecular flexibility index (Phi) is 6.04. The van der Waals surface area contributed by atoms with Gasteiger partial charge in [0.1, 0.15) is 0 Å². The first kappa shape index (κ1) is 19.5. The lowest BCUT2D eigenvalue weighted by Gasteiger charge is -2.28. The molecule has 2 aromatic carbocycles. The van der Waals surface area contributed by atoms with E-state index in [1.165, 1.54) is 44.1 Å². The predicted molar refractivity (Wildman–Crippen MR) is 114 cm³/mol. The summed E-state index contributed by atoms with van der Waals surface area (Å²) in [7, 11) is 0. The van der Waals surface area contributed by atoms with Crippen LogP contribution in [0.25, 0.3) is 11.1 Å². The maximum atomic E-state index is 15.1. The first-order chi connectivity index (χ1) is 13.7. The molecule has 150 valence electrons. The molecule has 0 bridgehead atoms. The summed E-state index contributed by atoms with van der Waals surface area (Å²) < 4.78 is 20.9. The van der Waals surface area contributed by atoms with E-state index in [-0.39, 0.29) is 5.82 Å². The van der Waals surface area contributed by atoms with Crippen LogP contribution in [0.15, 0.2) is 36.4 Å². The fourth-order valence-electron chi connectivity index (χ4n) is 5.10. The Bertz CT molecular complexity index is 787. The molecule has 0 radical (unpaired) electrons. The van der Waals surface area contributed by atoms with Gasteiger partial charge in [-0.05, 0) is 73.0 Å². The van der Waals surface area contributed by atoms with Gasteiger partial charge in [-0.2, -0.15) is 0 Å². The summed E-state index contributed by atoms with van der Waals surface area (Å²) in [5.41, 5.74) is 4.04. The van der Waals surface area contributed by atoms with Crippen molar-refractivity contribution in [2.24, 2.45) is 11.8 Å². The predicted octanol–water partition coefficient (Wildman–Crippen LogP) is 7.53. The molecule has 1 aliphatic heterocycles. The van der Waals surface area contributed by atoms with E-state index in [1.807, 2.05) is 6.07 Å². The van der Waals surface area contributed by atoms with Crippen LogP contribution in [0.2, 0.25) is 0 Å². The second-order valence-electron chi connectivity index (χ2n) is 8.83. The van der Waals surface area contributed by atoms with E-state index in [2.05, 4.69) is 44.2 Å². The lowest BCUT2D eigenvalue weighted by atomic mass is 9.77. The van der Waals surface area contributed by atoms with Gasteiger partial charge in [-0.25, -0.2) is 4.39 Å². The van der Waals surface area contributed by atoms with Crippen LogP contribution in [0.3, 0.4) is 0 Å². The highest BCUT2D eigenvalue weighted by Crippen LogP contribution is 2.40. The molecule has 1 saturated carbocycles. The van der Waals surface area contributed by atoms with Crippen LogP contribution in [0.1, 0.15) is 75.8 Å². The van der Waals surface area contributed by atoms with E-state index in [0.717, 1.165) is 29.9 Å². The highest BCUT2D eigenvalue weighted by Gasteiger charge is 2.24. The molecule has 1 heterocycles. The highest BCUT2D eigenvalue weighted by atomic mass is 19.1. The van der Waals surface area contributed by atoms with E-state index in [9.17, 15) is 0 Å². The smallest absolute Gasteiger partial charge is 0.173 e. The van der Waals surface area contributed by atoms with Gasteiger partial charge < -0.3 is 4.74 Å². The minimum atomic E-state index is -0.195. The Morgan fingerprint density at radius 2 is 1.68 bits per heavy atom. The summed E-state index contributed by atoms with van der Waals surface area (Å²) >= 11 is 0. The van der Waals surface area contributed by atoms with Crippen molar-refractivity contribution in [3.8, 4) is 16.9 Å². The number of halogens is 1. The number of fused-ring (bicyclic) bond motifs is 1. The molecule has 4 rings (SSSR count). The van der Waals surface area contributed by atoms with Gasteiger partial charge in [0.25, 0.3) is 0 Å². The van der Waals surface area contributed by atoms with Crippen LogP contribution in [-0.2, 0) is 6.42 Å². The van der Waals surface area contributed by atoms with Gasteiger partial charge in [0.15, 0.2) is 11.6 Å². The zero-order valence-electron chi connectivity index (χ0n) is 17.3. The van der Waals surface area contributed by atoms with E-state index >= 15 is 4.39 Å². The minimum absolute atomic E-state index is 0.195. The highest BCUT2D eigenvalue weighted by molar-refractivity contribution is 5.67. The fourth-order valence-corrected chi connectivity index (χ4v) is 5.10. The summed E-state index contributed by atoms with van der Waals surface area (Å²) in [5.74, 6) is 2.38. The molecule has 28 heavy (non-hydrogen) atoms. The molecular formula is C26H33FO. The van der Waals surface area contributed by atoms with Gasteiger partial charge in [0.05, 0.1) is 6.61 Å². The Balaban J connectivity index is 1.49. The number of ether oxygens (including phenoxy) is 1. The standard InChI is InChI=1S/C26H33FO/c1-3-5-19-6-8-20(9-7-19)21-10-12-22(13-11-21)24-15-14-23-16-18(4-2)17-28-26(23)25(24)27/h10-15,18-20H,3-9,16-17H2,1-2H3/t18?,19-,20-. The Morgan fingerprint density at radius 3 is 2.36 bits per heavy atom. The Morgan fingerprint density at radius 1 is 0.929 bits per heavy atom. The SMILES string of the molecule is CCC[C@H]1CC[C@H](c2ccc(-c3ccc4c(c3F)OCC(CC)C4)cc2)CC1. The van der Waals surface area contributed by atoms with Crippen LogP contribution in [0.4, 0.5) is 4.39 Å². The first-order valence-corrected chi connectivity index (χ1v) is 11.2. The molecule has 0 spiro atoms. The normalized spacial score (nSPS) is 24.5. The van der Waals surface area contributed by atoms with Gasteiger partial charge in [-0.3, -0.25) is 0 Å². The lowest BCUT2D eigenvalue weighted by Crippen LogP contribution is -2.21. The van der Waals surface area contributed by atoms with Crippen LogP contribution in [0.5, 0.6) is 5.75 Å². The number of benzene rings is 2. The Labute approximate surface area is 169 Å². The summed E-state index contributed by atoms with van der Waals surface area (Å²) in [6.45, 7) is 5.09. The summed E-state index contributed by atoms with van der Waals surface area (Å²) in [6.07, 6.45) is 9.98. The van der Waals surface area contributed by atoms with E-state index < -0.39 is 0 Å². The molecule has 2 aromatic rings. The first-order valence-electron chi connectivity index (χ1n) is 11.2. The lowest BCUT2D eigenvalue weighted by molar-refractivity contribution is 0.209. The van der Waals surface area contributed by atoms with Crippen LogP contribution >= 0.6 is 0 Å². The molecule has 1 fully saturated rings. The van der Waals surface area contributed by atoms with Crippen molar-refractivity contribution in [3.63, 3.8) is 0 Å². The van der Waals surface area contributed by atoms with Crippen LogP contribution in [0, 0.1) is 17.7 Å². The second-order valence-corrected chi connectivity index (χ2v) is 8.83. The quantitative estimate of drug-likeness (QED) is 0.521. The van der Waals surface area contributed by atoms with E-state index in [4.69, 9.17) is 4.74 Å². The van der Waals surface area contributed by atoms with Gasteiger partial charge >= 0.3 is 0 Å². The zero-order valence-corrected chi connectivity index (χ0v) is 17.3. The molecule has 1 nitrogen and oxygen atoms in total. The summed E-state index contributed by atoms with van der Waals surface area (Å²) in [6, 6.07) is 12.6. The van der Waals surface area contributed by atoms with Crippen molar-refractivity contribution in [1.29, 1.82) is 0 Å². The summed E-state index contributed by atoms with van der Waals surface area (Å²) in [4.78, 5) is 0. The van der Waals surface area contributed by atoms with Crippen molar-refractivity contribution in [2.45, 2.75) is 71.1 Å².